The SMILES string of the molecule is Cn1c(=O)cc2c3c(c(Nc4ccc(Nc5nc(O)nc(Nc6cc(S(=O)(=O)O)ccc6SOOO)n5)cc4SOOO)ccc31)C(=O)c1ccccc1-2. The topological polar surface area (TPSA) is 266 Å². The van der Waals surface area contributed by atoms with Gasteiger partial charge in [0.1, 0.15) is 0 Å². The fraction of sp³-hybridized carbons (Fsp3) is 0.0312. The monoisotopic (exact) mass is 793 g/mol. The van der Waals surface area contributed by atoms with Crippen molar-refractivity contribution >= 4 is 85.5 Å². The molecular formula is C32H23N7O12S3. The third-order valence-electron chi connectivity index (χ3n) is 8.04. The van der Waals surface area contributed by atoms with Crippen LogP contribution < -0.4 is 21.5 Å². The zero-order valence-electron chi connectivity index (χ0n) is 27.1. The molecule has 0 fully saturated rings. The molecule has 0 bridgehead atoms. The molecule has 22 heteroatoms. The van der Waals surface area contributed by atoms with E-state index in [1.165, 1.54) is 22.8 Å². The summed E-state index contributed by atoms with van der Waals surface area (Å²) in [5.74, 6) is -0.740. The quantitative estimate of drug-likeness (QED) is 0.0306. The minimum absolute atomic E-state index is 0.0389. The van der Waals surface area contributed by atoms with Gasteiger partial charge in [-0.25, -0.2) is 10.5 Å². The predicted molar refractivity (Wildman–Crippen MR) is 193 cm³/mol. The van der Waals surface area contributed by atoms with Crippen molar-refractivity contribution in [2.75, 3.05) is 16.0 Å². The average Bonchev–Trinajstić information content (AvgIpc) is 3.14. The number of anilines is 6. The van der Waals surface area contributed by atoms with E-state index < -0.39 is 21.0 Å². The van der Waals surface area contributed by atoms with E-state index in [4.69, 9.17) is 14.8 Å². The Balaban J connectivity index is 1.22. The summed E-state index contributed by atoms with van der Waals surface area (Å²) < 4.78 is 43.7. The van der Waals surface area contributed by atoms with E-state index in [0.717, 1.165) is 12.1 Å². The van der Waals surface area contributed by atoms with Crippen LogP contribution in [0.25, 0.3) is 22.0 Å². The van der Waals surface area contributed by atoms with Crippen LogP contribution in [0, 0.1) is 0 Å². The van der Waals surface area contributed by atoms with Crippen molar-refractivity contribution in [2.24, 2.45) is 7.05 Å². The lowest BCUT2D eigenvalue weighted by molar-refractivity contribution is -0.432. The van der Waals surface area contributed by atoms with Gasteiger partial charge in [-0.3, -0.25) is 14.1 Å². The first-order valence-electron chi connectivity index (χ1n) is 15.1. The van der Waals surface area contributed by atoms with E-state index in [0.29, 0.717) is 79.2 Å². The van der Waals surface area contributed by atoms with E-state index in [9.17, 15) is 27.7 Å². The molecule has 2 heterocycles. The number of hydrogen-bond acceptors (Lipinski definition) is 19. The largest absolute Gasteiger partial charge is 0.479 e. The van der Waals surface area contributed by atoms with Crippen molar-refractivity contribution in [3.8, 4) is 17.1 Å². The number of ketones is 1. The van der Waals surface area contributed by atoms with Crippen LogP contribution in [0.15, 0.2) is 98.3 Å². The Morgan fingerprint density at radius 3 is 2.13 bits per heavy atom. The van der Waals surface area contributed by atoms with E-state index in [-0.39, 0.29) is 33.8 Å². The van der Waals surface area contributed by atoms with Gasteiger partial charge >= 0.3 is 6.01 Å². The molecule has 0 saturated heterocycles. The third kappa shape index (κ3) is 7.29. The maximum Gasteiger partial charge on any atom is 0.320 e. The summed E-state index contributed by atoms with van der Waals surface area (Å²) in [6.07, 6.45) is 0. The Hall–Kier alpha value is -5.66. The molecule has 4 aromatic carbocycles. The smallest absolute Gasteiger partial charge is 0.320 e. The number of nitrogens with one attached hydrogen (secondary N) is 3. The van der Waals surface area contributed by atoms with Gasteiger partial charge in [0.25, 0.3) is 15.7 Å². The maximum absolute atomic E-state index is 14.0. The highest BCUT2D eigenvalue weighted by Gasteiger charge is 2.29. The van der Waals surface area contributed by atoms with Crippen molar-refractivity contribution in [1.82, 2.24) is 19.5 Å². The number of carbonyl (C=O) groups is 1. The van der Waals surface area contributed by atoms with E-state index >= 15 is 0 Å². The maximum atomic E-state index is 14.0. The highest BCUT2D eigenvalue weighted by Crippen LogP contribution is 2.43. The highest BCUT2D eigenvalue weighted by atomic mass is 32.2. The third-order valence-corrected chi connectivity index (χ3v) is 10.2. The number of fused-ring (bicyclic) bond motifs is 2. The predicted octanol–water partition coefficient (Wildman–Crippen LogP) is 5.97. The second-order valence-corrected chi connectivity index (χ2v) is 14.1. The van der Waals surface area contributed by atoms with Crippen LogP contribution >= 0.6 is 24.1 Å². The molecule has 0 atom stereocenters. The van der Waals surface area contributed by atoms with Crippen LogP contribution in [0.2, 0.25) is 0 Å². The van der Waals surface area contributed by atoms with Crippen molar-refractivity contribution in [2.45, 2.75) is 14.7 Å². The van der Waals surface area contributed by atoms with Crippen molar-refractivity contribution in [3.05, 3.63) is 100 Å². The number of carbonyl (C=O) groups excluding carboxylic acids is 1. The molecule has 0 saturated carbocycles. The normalized spacial score (nSPS) is 12.1. The molecular weight excluding hydrogens is 771 g/mol. The number of nitrogens with zero attached hydrogens (tertiary/aromatic N) is 4. The number of pyridine rings is 1. The van der Waals surface area contributed by atoms with Gasteiger partial charge < -0.3 is 25.6 Å². The van der Waals surface area contributed by atoms with E-state index in [1.54, 1.807) is 55.6 Å². The van der Waals surface area contributed by atoms with Crippen LogP contribution in [-0.4, -0.2) is 53.9 Å². The van der Waals surface area contributed by atoms with Crippen LogP contribution in [0.3, 0.4) is 0 Å². The molecule has 7 rings (SSSR count). The number of aryl methyl sites for hydroxylation is 1. The molecule has 0 aliphatic heterocycles. The van der Waals surface area contributed by atoms with Crippen molar-refractivity contribution in [1.29, 1.82) is 0 Å². The molecule has 1 aliphatic rings. The standard InChI is InChI=1S/C32H23N7O12S3/c1-39-23-10-9-21(28-27(23)19(14-26(39)40)17-4-2-3-5-18(17)29(28)41)34-20-8-6-15(12-25(20)53-51-49-44)33-30-36-31(38-32(42)37-30)35-22-13-16(54(45,46)47)7-11-24(22)52-50-48-43/h2-14,34,43-44H,1H3,(H,45,46,47)(H3,33,35,36,37,38,42). The van der Waals surface area contributed by atoms with Gasteiger partial charge in [-0.05, 0) is 59.7 Å². The van der Waals surface area contributed by atoms with E-state index in [1.807, 2.05) is 0 Å². The minimum Gasteiger partial charge on any atom is -0.479 e. The molecule has 0 amide bonds. The molecule has 6 aromatic rings. The number of hydrogen-bond donors (Lipinski definition) is 7. The molecule has 2 aromatic heterocycles. The Morgan fingerprint density at radius 2 is 1.41 bits per heavy atom. The number of aromatic nitrogens is 4. The van der Waals surface area contributed by atoms with Gasteiger partial charge in [0, 0.05) is 29.8 Å². The van der Waals surface area contributed by atoms with Gasteiger partial charge in [0.15, 0.2) is 5.78 Å². The summed E-state index contributed by atoms with van der Waals surface area (Å²) in [4.78, 5) is 38.7. The lowest BCUT2D eigenvalue weighted by atomic mass is 9.83. The number of rotatable bonds is 13. The Kier molecular flexibility index (Phi) is 10.2. The fourth-order valence-corrected chi connectivity index (χ4v) is 7.17. The Bertz CT molecular complexity index is 2640. The first kappa shape index (κ1) is 36.7. The van der Waals surface area contributed by atoms with Gasteiger partial charge in [-0.1, -0.05) is 34.3 Å². The summed E-state index contributed by atoms with van der Waals surface area (Å²) in [6.45, 7) is 0. The molecule has 0 radical (unpaired) electrons. The summed E-state index contributed by atoms with van der Waals surface area (Å²) in [5.41, 5.74) is 3.47. The first-order chi connectivity index (χ1) is 25.9. The minimum atomic E-state index is -4.63. The Morgan fingerprint density at radius 1 is 0.722 bits per heavy atom. The lowest BCUT2D eigenvalue weighted by Crippen LogP contribution is -2.21. The summed E-state index contributed by atoms with van der Waals surface area (Å²) in [7, 11) is -3.01. The lowest BCUT2D eigenvalue weighted by Gasteiger charge is -2.24. The molecule has 276 valence electrons. The molecule has 19 nitrogen and oxygen atoms in total. The Labute approximate surface area is 311 Å². The van der Waals surface area contributed by atoms with Crippen LogP contribution in [-0.2, 0) is 35.9 Å². The van der Waals surface area contributed by atoms with Crippen LogP contribution in [0.1, 0.15) is 15.9 Å². The van der Waals surface area contributed by atoms with Gasteiger partial charge in [-0.15, -0.1) is 8.67 Å². The number of benzene rings is 4. The average molecular weight is 794 g/mol. The zero-order valence-corrected chi connectivity index (χ0v) is 29.5. The second kappa shape index (κ2) is 15.0. The number of aromatic hydroxyl groups is 1. The van der Waals surface area contributed by atoms with Crippen molar-refractivity contribution in [3.63, 3.8) is 0 Å². The summed E-state index contributed by atoms with van der Waals surface area (Å²) >= 11 is 1.08. The van der Waals surface area contributed by atoms with Crippen molar-refractivity contribution < 1.29 is 52.1 Å². The van der Waals surface area contributed by atoms with E-state index in [2.05, 4.69) is 45.3 Å². The van der Waals surface area contributed by atoms with Gasteiger partial charge in [0.2, 0.25) is 11.9 Å². The molecule has 1 aliphatic carbocycles. The molecule has 0 spiro atoms. The summed E-state index contributed by atoms with van der Waals surface area (Å²) in [6, 6.07) is 19.3. The molecule has 7 N–H and O–H groups in total. The summed E-state index contributed by atoms with van der Waals surface area (Å²) in [5, 5.41) is 44.7. The van der Waals surface area contributed by atoms with Gasteiger partial charge in [-0.2, -0.15) is 23.4 Å². The first-order valence-corrected chi connectivity index (χ1v) is 18.0. The van der Waals surface area contributed by atoms with Gasteiger partial charge in [0.05, 0.1) is 66.9 Å². The fourth-order valence-electron chi connectivity index (χ4n) is 5.75. The molecule has 0 unspecified atom stereocenters. The van der Waals surface area contributed by atoms with Crippen LogP contribution in [0.5, 0.6) is 6.01 Å². The second-order valence-electron chi connectivity index (χ2n) is 11.2. The highest BCUT2D eigenvalue weighted by molar-refractivity contribution is 7.95. The zero-order chi connectivity index (χ0) is 38.1. The van der Waals surface area contributed by atoms with Crippen LogP contribution in [0.4, 0.5) is 34.6 Å². The molecule has 54 heavy (non-hydrogen) atoms.